The monoisotopic (exact) mass is 460 g/mol. The maximum atomic E-state index is 12.6. The van der Waals surface area contributed by atoms with Gasteiger partial charge in [0, 0.05) is 36.0 Å². The van der Waals surface area contributed by atoms with Crippen LogP contribution in [0, 0.1) is 0 Å². The van der Waals surface area contributed by atoms with Gasteiger partial charge < -0.3 is 15.2 Å². The van der Waals surface area contributed by atoms with Gasteiger partial charge in [-0.2, -0.15) is 0 Å². The lowest BCUT2D eigenvalue weighted by molar-refractivity contribution is -0.114. The summed E-state index contributed by atoms with van der Waals surface area (Å²) in [4.78, 5) is 28.9. The van der Waals surface area contributed by atoms with Crippen molar-refractivity contribution in [1.29, 1.82) is 0 Å². The van der Waals surface area contributed by atoms with Gasteiger partial charge in [0.05, 0.1) is 11.0 Å². The summed E-state index contributed by atoms with van der Waals surface area (Å²) >= 11 is 0. The summed E-state index contributed by atoms with van der Waals surface area (Å²) in [5.41, 5.74) is 5.86. The molecule has 172 valence electrons. The Balaban J connectivity index is 1.53. The lowest BCUT2D eigenvalue weighted by Gasteiger charge is -2.11. The van der Waals surface area contributed by atoms with E-state index in [1.165, 1.54) is 6.92 Å². The van der Waals surface area contributed by atoms with E-state index in [1.807, 2.05) is 78.9 Å². The first kappa shape index (κ1) is 22.1. The molecule has 35 heavy (non-hydrogen) atoms. The molecule has 0 atom stereocenters. The van der Waals surface area contributed by atoms with Crippen LogP contribution in [-0.4, -0.2) is 21.4 Å². The zero-order valence-electron chi connectivity index (χ0n) is 19.2. The molecule has 2 N–H and O–H groups in total. The van der Waals surface area contributed by atoms with Crippen LogP contribution in [0.1, 0.15) is 22.8 Å². The fourth-order valence-electron chi connectivity index (χ4n) is 4.05. The molecule has 0 aliphatic rings. The van der Waals surface area contributed by atoms with Crippen molar-refractivity contribution in [3.8, 4) is 11.4 Å². The topological polar surface area (TPSA) is 76.0 Å². The highest BCUT2D eigenvalue weighted by molar-refractivity contribution is 6.05. The molecule has 0 aliphatic heterocycles. The summed E-state index contributed by atoms with van der Waals surface area (Å²) in [7, 11) is 0. The Morgan fingerprint density at radius 1 is 0.771 bits per heavy atom. The van der Waals surface area contributed by atoms with Crippen LogP contribution >= 0.6 is 0 Å². The molecular formula is C29H24N4O2. The SMILES string of the molecule is CC(=O)Nc1ccc(-c2nc3cc(NC(=O)c4ccccc4)ccc3n2Cc2ccccc2)cc1. The number of nitrogens with zero attached hydrogens (tertiary/aromatic N) is 2. The molecule has 0 aliphatic carbocycles. The molecular weight excluding hydrogens is 436 g/mol. The predicted octanol–water partition coefficient (Wildman–Crippen LogP) is 5.96. The van der Waals surface area contributed by atoms with Gasteiger partial charge >= 0.3 is 0 Å². The molecule has 4 aromatic carbocycles. The van der Waals surface area contributed by atoms with E-state index < -0.39 is 0 Å². The molecule has 5 aromatic rings. The summed E-state index contributed by atoms with van der Waals surface area (Å²) in [5, 5.41) is 5.76. The highest BCUT2D eigenvalue weighted by Gasteiger charge is 2.15. The zero-order chi connectivity index (χ0) is 24.2. The molecule has 0 radical (unpaired) electrons. The molecule has 0 saturated carbocycles. The Labute approximate surface area is 203 Å². The second-order valence-corrected chi connectivity index (χ2v) is 8.29. The number of fused-ring (bicyclic) bond motifs is 1. The summed E-state index contributed by atoms with van der Waals surface area (Å²) in [6.07, 6.45) is 0. The highest BCUT2D eigenvalue weighted by Crippen LogP contribution is 2.29. The fourth-order valence-corrected chi connectivity index (χ4v) is 4.05. The van der Waals surface area contributed by atoms with E-state index in [0.717, 1.165) is 33.7 Å². The molecule has 0 saturated heterocycles. The van der Waals surface area contributed by atoms with Gasteiger partial charge in [0.25, 0.3) is 5.91 Å². The van der Waals surface area contributed by atoms with Crippen LogP contribution < -0.4 is 10.6 Å². The maximum absolute atomic E-state index is 12.6. The van der Waals surface area contributed by atoms with E-state index in [4.69, 9.17) is 4.98 Å². The Hall–Kier alpha value is -4.71. The minimum atomic E-state index is -0.164. The molecule has 6 nitrogen and oxygen atoms in total. The number of aromatic nitrogens is 2. The lowest BCUT2D eigenvalue weighted by Crippen LogP contribution is -2.11. The van der Waals surface area contributed by atoms with Crippen LogP contribution in [0.4, 0.5) is 11.4 Å². The van der Waals surface area contributed by atoms with Gasteiger partial charge in [-0.25, -0.2) is 4.98 Å². The molecule has 1 heterocycles. The summed E-state index contributed by atoms with van der Waals surface area (Å²) in [6.45, 7) is 2.14. The van der Waals surface area contributed by atoms with Crippen LogP contribution in [0.2, 0.25) is 0 Å². The third-order valence-corrected chi connectivity index (χ3v) is 5.69. The lowest BCUT2D eigenvalue weighted by atomic mass is 10.1. The molecule has 5 rings (SSSR count). The van der Waals surface area contributed by atoms with Crippen LogP contribution in [-0.2, 0) is 11.3 Å². The minimum absolute atomic E-state index is 0.112. The molecule has 0 fully saturated rings. The number of amides is 2. The van der Waals surface area contributed by atoms with E-state index in [1.54, 1.807) is 12.1 Å². The minimum Gasteiger partial charge on any atom is -0.326 e. The first-order chi connectivity index (χ1) is 17.1. The van der Waals surface area contributed by atoms with Gasteiger partial charge in [-0.1, -0.05) is 48.5 Å². The molecule has 1 aromatic heterocycles. The molecule has 0 spiro atoms. The molecule has 2 amide bonds. The number of carbonyl (C=O) groups is 2. The van der Waals surface area contributed by atoms with E-state index in [0.29, 0.717) is 17.8 Å². The normalized spacial score (nSPS) is 10.8. The summed E-state index contributed by atoms with van der Waals surface area (Å²) < 4.78 is 2.17. The average molecular weight is 461 g/mol. The number of imidazole rings is 1. The third-order valence-electron chi connectivity index (χ3n) is 5.69. The Morgan fingerprint density at radius 3 is 2.11 bits per heavy atom. The van der Waals surface area contributed by atoms with E-state index >= 15 is 0 Å². The van der Waals surface area contributed by atoms with E-state index in [-0.39, 0.29) is 11.8 Å². The van der Waals surface area contributed by atoms with Crippen LogP contribution in [0.25, 0.3) is 22.4 Å². The maximum Gasteiger partial charge on any atom is 0.255 e. The van der Waals surface area contributed by atoms with Gasteiger partial charge in [-0.3, -0.25) is 9.59 Å². The van der Waals surface area contributed by atoms with Crippen molar-refractivity contribution in [2.45, 2.75) is 13.5 Å². The summed E-state index contributed by atoms with van der Waals surface area (Å²) in [5.74, 6) is 0.534. The van der Waals surface area contributed by atoms with Gasteiger partial charge in [-0.05, 0) is 60.2 Å². The van der Waals surface area contributed by atoms with Crippen molar-refractivity contribution in [1.82, 2.24) is 9.55 Å². The number of anilines is 2. The largest absolute Gasteiger partial charge is 0.326 e. The first-order valence-electron chi connectivity index (χ1n) is 11.4. The Kier molecular flexibility index (Phi) is 6.09. The van der Waals surface area contributed by atoms with E-state index in [9.17, 15) is 9.59 Å². The van der Waals surface area contributed by atoms with Gasteiger partial charge in [0.15, 0.2) is 0 Å². The standard InChI is InChI=1S/C29H24N4O2/c1-20(34)30-24-14-12-22(13-15-24)28-32-26-18-25(31-29(35)23-10-6-3-7-11-23)16-17-27(26)33(28)19-21-8-4-2-5-9-21/h2-18H,19H2,1H3,(H,30,34)(H,31,35). The van der Waals surface area contributed by atoms with Crippen LogP contribution in [0.3, 0.4) is 0 Å². The Bertz CT molecular complexity index is 1490. The average Bonchev–Trinajstić information content (AvgIpc) is 3.22. The molecule has 0 bridgehead atoms. The fraction of sp³-hybridized carbons (Fsp3) is 0.0690. The van der Waals surface area contributed by atoms with Crippen LogP contribution in [0.5, 0.6) is 0 Å². The van der Waals surface area contributed by atoms with Crippen molar-refractivity contribution in [3.05, 3.63) is 114 Å². The second kappa shape index (κ2) is 9.65. The Morgan fingerprint density at radius 2 is 1.43 bits per heavy atom. The molecule has 0 unspecified atom stereocenters. The summed E-state index contributed by atoms with van der Waals surface area (Å²) in [6, 6.07) is 32.8. The third kappa shape index (κ3) is 4.96. The van der Waals surface area contributed by atoms with Gasteiger partial charge in [0.1, 0.15) is 5.82 Å². The number of benzene rings is 4. The van der Waals surface area contributed by atoms with E-state index in [2.05, 4.69) is 27.3 Å². The number of hydrogen-bond donors (Lipinski definition) is 2. The smallest absolute Gasteiger partial charge is 0.255 e. The van der Waals surface area contributed by atoms with Crippen molar-refractivity contribution in [2.24, 2.45) is 0 Å². The van der Waals surface area contributed by atoms with Crippen molar-refractivity contribution >= 4 is 34.2 Å². The van der Waals surface area contributed by atoms with Gasteiger partial charge in [0.2, 0.25) is 5.91 Å². The van der Waals surface area contributed by atoms with Crippen molar-refractivity contribution in [2.75, 3.05) is 10.6 Å². The first-order valence-corrected chi connectivity index (χ1v) is 11.4. The quantitative estimate of drug-likeness (QED) is 0.328. The van der Waals surface area contributed by atoms with Crippen LogP contribution in [0.15, 0.2) is 103 Å². The van der Waals surface area contributed by atoms with Crippen molar-refractivity contribution < 1.29 is 9.59 Å². The zero-order valence-corrected chi connectivity index (χ0v) is 19.2. The highest BCUT2D eigenvalue weighted by atomic mass is 16.2. The number of hydrogen-bond acceptors (Lipinski definition) is 3. The van der Waals surface area contributed by atoms with Crippen molar-refractivity contribution in [3.63, 3.8) is 0 Å². The number of nitrogens with one attached hydrogen (secondary N) is 2. The second-order valence-electron chi connectivity index (χ2n) is 8.29. The predicted molar refractivity (Wildman–Crippen MR) is 139 cm³/mol. The number of rotatable bonds is 6. The molecule has 6 heteroatoms. The van der Waals surface area contributed by atoms with Gasteiger partial charge in [-0.15, -0.1) is 0 Å². The number of carbonyl (C=O) groups excluding carboxylic acids is 2.